The molecule has 0 amide bonds. The van der Waals surface area contributed by atoms with E-state index in [-0.39, 0.29) is 22.8 Å². The van der Waals surface area contributed by atoms with Crippen LogP contribution in [-0.2, 0) is 6.42 Å². The average Bonchev–Trinajstić information content (AvgIpc) is 2.63. The smallest absolute Gasteiger partial charge is 0.172 e. The maximum Gasteiger partial charge on any atom is 0.172 e. The minimum absolute atomic E-state index is 0.0568. The monoisotopic (exact) mass is 288 g/mol. The summed E-state index contributed by atoms with van der Waals surface area (Å²) in [6.45, 7) is 0. The van der Waals surface area contributed by atoms with Crippen molar-refractivity contribution in [2.75, 3.05) is 0 Å². The van der Waals surface area contributed by atoms with Gasteiger partial charge in [-0.3, -0.25) is 4.79 Å². The highest BCUT2D eigenvalue weighted by molar-refractivity contribution is 7.16. The fourth-order valence-electron chi connectivity index (χ4n) is 1.46. The van der Waals surface area contributed by atoms with E-state index in [0.717, 1.165) is 4.88 Å². The van der Waals surface area contributed by atoms with Crippen LogP contribution < -0.4 is 0 Å². The second kappa shape index (κ2) is 5.17. The Kier molecular flexibility index (Phi) is 3.82. The van der Waals surface area contributed by atoms with Gasteiger partial charge in [0.2, 0.25) is 0 Å². The summed E-state index contributed by atoms with van der Waals surface area (Å²) in [4.78, 5) is 12.7. The Labute approximate surface area is 112 Å². The molecule has 1 aromatic heterocycles. The van der Waals surface area contributed by atoms with Gasteiger partial charge in [0.1, 0.15) is 5.82 Å². The van der Waals surface area contributed by atoms with Gasteiger partial charge in [0, 0.05) is 11.3 Å². The maximum absolute atomic E-state index is 13.5. The van der Waals surface area contributed by atoms with Crippen molar-refractivity contribution >= 4 is 40.3 Å². The second-order valence-electron chi connectivity index (χ2n) is 3.40. The molecule has 0 unspecified atom stereocenters. The summed E-state index contributed by atoms with van der Waals surface area (Å²) >= 11 is 12.9. The maximum atomic E-state index is 13.5. The topological polar surface area (TPSA) is 17.1 Å². The molecule has 0 N–H and O–H groups in total. The molecule has 0 aliphatic heterocycles. The Morgan fingerprint density at radius 1 is 1.24 bits per heavy atom. The summed E-state index contributed by atoms with van der Waals surface area (Å²) in [6, 6.07) is 7.65. The lowest BCUT2D eigenvalue weighted by atomic mass is 10.1. The van der Waals surface area contributed by atoms with E-state index in [1.54, 1.807) is 12.1 Å². The van der Waals surface area contributed by atoms with Crippen molar-refractivity contribution in [1.82, 2.24) is 0 Å². The molecule has 0 saturated heterocycles. The van der Waals surface area contributed by atoms with E-state index in [1.807, 2.05) is 0 Å². The summed E-state index contributed by atoms with van der Waals surface area (Å²) in [6.07, 6.45) is 0.109. The molecular weight excluding hydrogens is 282 g/mol. The van der Waals surface area contributed by atoms with Crippen molar-refractivity contribution in [2.45, 2.75) is 6.42 Å². The minimum Gasteiger partial charge on any atom is -0.294 e. The predicted molar refractivity (Wildman–Crippen MR) is 68.8 cm³/mol. The number of hydrogen-bond acceptors (Lipinski definition) is 2. The molecule has 0 aliphatic carbocycles. The molecule has 0 aliphatic rings. The van der Waals surface area contributed by atoms with Crippen LogP contribution in [0, 0.1) is 5.82 Å². The van der Waals surface area contributed by atoms with E-state index >= 15 is 0 Å². The fourth-order valence-corrected chi connectivity index (χ4v) is 2.81. The van der Waals surface area contributed by atoms with Gasteiger partial charge in [-0.05, 0) is 24.3 Å². The number of benzene rings is 1. The first-order valence-corrected chi connectivity index (χ1v) is 6.36. The van der Waals surface area contributed by atoms with Crippen molar-refractivity contribution in [3.8, 4) is 0 Å². The van der Waals surface area contributed by atoms with E-state index in [2.05, 4.69) is 0 Å². The van der Waals surface area contributed by atoms with E-state index in [9.17, 15) is 9.18 Å². The summed E-state index contributed by atoms with van der Waals surface area (Å²) in [5.74, 6) is -0.934. The lowest BCUT2D eigenvalue weighted by Gasteiger charge is -2.03. The van der Waals surface area contributed by atoms with Gasteiger partial charge in [-0.1, -0.05) is 29.3 Å². The molecule has 2 aromatic rings. The van der Waals surface area contributed by atoms with Crippen LogP contribution in [0.3, 0.4) is 0 Å². The molecule has 1 aromatic carbocycles. The summed E-state index contributed by atoms with van der Waals surface area (Å²) < 4.78 is 14.1. The molecule has 0 spiro atoms. The van der Waals surface area contributed by atoms with Crippen molar-refractivity contribution in [1.29, 1.82) is 0 Å². The lowest BCUT2D eigenvalue weighted by molar-refractivity contribution is 0.0990. The van der Waals surface area contributed by atoms with Crippen molar-refractivity contribution in [2.24, 2.45) is 0 Å². The van der Waals surface area contributed by atoms with Crippen LogP contribution in [-0.4, -0.2) is 5.78 Å². The molecule has 0 saturated carbocycles. The molecule has 0 radical (unpaired) electrons. The highest BCUT2D eigenvalue weighted by Crippen LogP contribution is 2.25. The number of rotatable bonds is 3. The van der Waals surface area contributed by atoms with Gasteiger partial charge in [0.05, 0.1) is 14.9 Å². The molecule has 17 heavy (non-hydrogen) atoms. The van der Waals surface area contributed by atoms with E-state index < -0.39 is 5.82 Å². The third kappa shape index (κ3) is 2.86. The molecular formula is C12H7Cl2FOS. The van der Waals surface area contributed by atoms with Crippen LogP contribution in [0.4, 0.5) is 4.39 Å². The average molecular weight is 289 g/mol. The molecule has 1 heterocycles. The quantitative estimate of drug-likeness (QED) is 0.753. The van der Waals surface area contributed by atoms with Gasteiger partial charge in [0.15, 0.2) is 5.78 Å². The van der Waals surface area contributed by atoms with Crippen LogP contribution in [0.25, 0.3) is 0 Å². The SMILES string of the molecule is O=C(Cc1ccc(Cl)s1)c1c(F)cccc1Cl. The zero-order chi connectivity index (χ0) is 12.4. The molecule has 1 nitrogen and oxygen atoms in total. The Balaban J connectivity index is 2.26. The van der Waals surface area contributed by atoms with E-state index in [4.69, 9.17) is 23.2 Å². The Hall–Kier alpha value is -0.900. The largest absolute Gasteiger partial charge is 0.294 e. The van der Waals surface area contributed by atoms with Crippen LogP contribution in [0.2, 0.25) is 9.36 Å². The van der Waals surface area contributed by atoms with E-state index in [1.165, 1.54) is 29.5 Å². The first kappa shape index (κ1) is 12.6. The number of hydrogen-bond donors (Lipinski definition) is 0. The van der Waals surface area contributed by atoms with Crippen LogP contribution >= 0.6 is 34.5 Å². The van der Waals surface area contributed by atoms with Crippen LogP contribution in [0.5, 0.6) is 0 Å². The minimum atomic E-state index is -0.592. The second-order valence-corrected chi connectivity index (χ2v) is 5.61. The van der Waals surface area contributed by atoms with Gasteiger partial charge < -0.3 is 0 Å². The normalized spacial score (nSPS) is 10.5. The Bertz CT molecular complexity index is 545. The van der Waals surface area contributed by atoms with Crippen LogP contribution in [0.1, 0.15) is 15.2 Å². The predicted octanol–water partition coefficient (Wildman–Crippen LogP) is 4.62. The number of ketones is 1. The van der Waals surface area contributed by atoms with Gasteiger partial charge in [-0.2, -0.15) is 0 Å². The Morgan fingerprint density at radius 2 is 2.00 bits per heavy atom. The molecule has 0 bridgehead atoms. The number of carbonyl (C=O) groups is 1. The number of carbonyl (C=O) groups excluding carboxylic acids is 1. The Morgan fingerprint density at radius 3 is 2.59 bits per heavy atom. The number of thiophene rings is 1. The highest BCUT2D eigenvalue weighted by Gasteiger charge is 2.16. The van der Waals surface area contributed by atoms with Crippen molar-refractivity contribution < 1.29 is 9.18 Å². The zero-order valence-corrected chi connectivity index (χ0v) is 10.9. The van der Waals surface area contributed by atoms with Gasteiger partial charge in [-0.15, -0.1) is 11.3 Å². The molecule has 0 fully saturated rings. The van der Waals surface area contributed by atoms with Crippen LogP contribution in [0.15, 0.2) is 30.3 Å². The number of halogens is 3. The summed E-state index contributed by atoms with van der Waals surface area (Å²) in [5, 5.41) is 0.137. The molecule has 2 rings (SSSR count). The first-order valence-electron chi connectivity index (χ1n) is 4.79. The molecule has 5 heteroatoms. The lowest BCUT2D eigenvalue weighted by Crippen LogP contribution is -2.06. The summed E-state index contributed by atoms with van der Waals surface area (Å²) in [5.41, 5.74) is -0.0568. The summed E-state index contributed by atoms with van der Waals surface area (Å²) in [7, 11) is 0. The molecule has 88 valence electrons. The van der Waals surface area contributed by atoms with Gasteiger partial charge >= 0.3 is 0 Å². The highest BCUT2D eigenvalue weighted by atomic mass is 35.5. The van der Waals surface area contributed by atoms with Gasteiger partial charge in [0.25, 0.3) is 0 Å². The zero-order valence-electron chi connectivity index (χ0n) is 8.54. The van der Waals surface area contributed by atoms with Crippen molar-refractivity contribution in [3.63, 3.8) is 0 Å². The third-order valence-corrected chi connectivity index (χ3v) is 3.75. The third-order valence-electron chi connectivity index (χ3n) is 2.21. The van der Waals surface area contributed by atoms with E-state index in [0.29, 0.717) is 4.34 Å². The van der Waals surface area contributed by atoms with Crippen molar-refractivity contribution in [3.05, 3.63) is 55.9 Å². The first-order chi connectivity index (χ1) is 8.08. The molecule has 0 atom stereocenters. The fraction of sp³-hybridized carbons (Fsp3) is 0.0833. The number of Topliss-reactive ketones (excluding diaryl/α,β-unsaturated/α-hetero) is 1. The standard InChI is InChI=1S/C12H7Cl2FOS/c13-8-2-1-3-9(15)12(8)10(16)6-7-4-5-11(14)17-7/h1-5H,6H2. The van der Waals surface area contributed by atoms with Gasteiger partial charge in [-0.25, -0.2) is 4.39 Å².